The molecule has 1 aliphatic rings. The first-order valence-corrected chi connectivity index (χ1v) is 12.1. The number of ether oxygens (including phenoxy) is 2. The second kappa shape index (κ2) is 9.42. The highest BCUT2D eigenvalue weighted by atomic mass is 28.3. The van der Waals surface area contributed by atoms with Gasteiger partial charge < -0.3 is 14.0 Å². The fraction of sp³-hybridized carbons (Fsp3) is 0.667. The summed E-state index contributed by atoms with van der Waals surface area (Å²) in [5.41, 5.74) is 1.43. The number of benzene rings is 1. The van der Waals surface area contributed by atoms with E-state index in [1.165, 1.54) is 6.07 Å². The normalized spacial score (nSPS) is 17.4. The van der Waals surface area contributed by atoms with Gasteiger partial charge in [-0.25, -0.2) is 0 Å². The van der Waals surface area contributed by atoms with Gasteiger partial charge in [-0.3, -0.25) is 10.1 Å². The predicted octanol–water partition coefficient (Wildman–Crippen LogP) is 3.82. The maximum atomic E-state index is 11.1. The molecule has 1 saturated heterocycles. The first-order valence-electron chi connectivity index (χ1n) is 9.09. The molecule has 6 nitrogen and oxygen atoms in total. The molecule has 0 spiro atoms. The van der Waals surface area contributed by atoms with Crippen molar-refractivity contribution in [2.75, 3.05) is 32.9 Å². The Morgan fingerprint density at radius 1 is 1.32 bits per heavy atom. The maximum Gasteiger partial charge on any atom is 0.274 e. The third-order valence-electron chi connectivity index (χ3n) is 5.37. The number of rotatable bonds is 9. The van der Waals surface area contributed by atoms with E-state index < -0.39 is 8.24 Å². The molecule has 1 fully saturated rings. The van der Waals surface area contributed by atoms with Crippen LogP contribution in [0.2, 0.25) is 18.6 Å². The molecule has 0 aromatic heterocycles. The van der Waals surface area contributed by atoms with Crippen molar-refractivity contribution in [3.63, 3.8) is 0 Å². The summed E-state index contributed by atoms with van der Waals surface area (Å²) in [6.07, 6.45) is 2.15. The number of nitrogens with zero attached hydrogens (tertiary/aromatic N) is 2. The molecule has 1 aromatic rings. The van der Waals surface area contributed by atoms with Crippen molar-refractivity contribution >= 4 is 13.9 Å². The molecule has 1 heterocycles. The molecule has 0 bridgehead atoms. The summed E-state index contributed by atoms with van der Waals surface area (Å²) in [4.78, 5) is 10.7. The van der Waals surface area contributed by atoms with E-state index in [0.717, 1.165) is 39.1 Å². The van der Waals surface area contributed by atoms with E-state index in [1.54, 1.807) is 12.1 Å². The minimum Gasteiger partial charge on any atom is -0.379 e. The van der Waals surface area contributed by atoms with E-state index in [-0.39, 0.29) is 10.6 Å². The van der Waals surface area contributed by atoms with Crippen molar-refractivity contribution in [1.29, 1.82) is 0 Å². The summed E-state index contributed by atoms with van der Waals surface area (Å²) < 4.78 is 13.9. The van der Waals surface area contributed by atoms with Crippen molar-refractivity contribution in [1.82, 2.24) is 4.57 Å². The monoisotopic (exact) mass is 366 g/mol. The minimum absolute atomic E-state index is 0.137. The quantitative estimate of drug-likeness (QED) is 0.288. The molecule has 1 unspecified atom stereocenters. The van der Waals surface area contributed by atoms with Gasteiger partial charge in [0.1, 0.15) is 8.24 Å². The molecule has 1 aromatic carbocycles. The first-order chi connectivity index (χ1) is 12.0. The summed E-state index contributed by atoms with van der Waals surface area (Å²) in [7, 11) is -1.52. The van der Waals surface area contributed by atoms with Crippen LogP contribution >= 0.6 is 0 Å². The van der Waals surface area contributed by atoms with Gasteiger partial charge in [0.05, 0.1) is 30.3 Å². The lowest BCUT2D eigenvalue weighted by atomic mass is 10.2. The Hall–Kier alpha value is -1.28. The molecule has 0 saturated carbocycles. The smallest absolute Gasteiger partial charge is 0.274 e. The molecule has 1 aliphatic heterocycles. The molecule has 7 heteroatoms. The second-order valence-corrected chi connectivity index (χ2v) is 11.8. The Balaban J connectivity index is 1.86. The van der Waals surface area contributed by atoms with Crippen molar-refractivity contribution in [2.45, 2.75) is 45.0 Å². The molecule has 140 valence electrons. The lowest BCUT2D eigenvalue weighted by molar-refractivity contribution is -0.385. The molecule has 2 rings (SSSR count). The molecular weight excluding hydrogens is 336 g/mol. The van der Waals surface area contributed by atoms with Crippen LogP contribution in [0.3, 0.4) is 0 Å². The number of hydrogen-bond acceptors (Lipinski definition) is 5. The lowest BCUT2D eigenvalue weighted by Gasteiger charge is -2.44. The molecule has 0 aliphatic carbocycles. The Labute approximate surface area is 151 Å². The van der Waals surface area contributed by atoms with Crippen LogP contribution in [0.4, 0.5) is 5.69 Å². The summed E-state index contributed by atoms with van der Waals surface area (Å²) >= 11 is 0. The Morgan fingerprint density at radius 3 is 2.64 bits per heavy atom. The molecule has 0 N–H and O–H groups in total. The average molecular weight is 367 g/mol. The fourth-order valence-corrected chi connectivity index (χ4v) is 7.35. The van der Waals surface area contributed by atoms with Gasteiger partial charge in [0.2, 0.25) is 0 Å². The number of para-hydroxylation sites is 1. The SMILES string of the molecule is CCC(CCOCc1ccccc1[N+](=O)[O-])[Si](C)(C)N1CCOCC1. The van der Waals surface area contributed by atoms with Crippen LogP contribution in [0, 0.1) is 10.1 Å². The zero-order chi connectivity index (χ0) is 18.3. The fourth-order valence-electron chi connectivity index (χ4n) is 3.67. The first kappa shape index (κ1) is 20.0. The van der Waals surface area contributed by atoms with Gasteiger partial charge in [-0.2, -0.15) is 0 Å². The highest BCUT2D eigenvalue weighted by Gasteiger charge is 2.37. The van der Waals surface area contributed by atoms with Crippen molar-refractivity contribution in [3.05, 3.63) is 39.9 Å². The Kier molecular flexibility index (Phi) is 7.55. The molecule has 0 amide bonds. The van der Waals surface area contributed by atoms with Crippen molar-refractivity contribution < 1.29 is 14.4 Å². The van der Waals surface area contributed by atoms with Crippen molar-refractivity contribution in [2.24, 2.45) is 0 Å². The van der Waals surface area contributed by atoms with Gasteiger partial charge in [-0.05, 0) is 18.0 Å². The van der Waals surface area contributed by atoms with Crippen LogP contribution in [0.5, 0.6) is 0 Å². The molecule has 25 heavy (non-hydrogen) atoms. The van der Waals surface area contributed by atoms with Crippen LogP contribution in [0.15, 0.2) is 24.3 Å². The van der Waals surface area contributed by atoms with E-state index in [4.69, 9.17) is 9.47 Å². The summed E-state index contributed by atoms with van der Waals surface area (Å²) in [5, 5.41) is 11.1. The minimum atomic E-state index is -1.52. The van der Waals surface area contributed by atoms with E-state index in [9.17, 15) is 10.1 Å². The Morgan fingerprint density at radius 2 is 2.00 bits per heavy atom. The highest BCUT2D eigenvalue weighted by molar-refractivity contribution is 6.76. The molecule has 1 atom stereocenters. The van der Waals surface area contributed by atoms with Crippen molar-refractivity contribution in [3.8, 4) is 0 Å². The van der Waals surface area contributed by atoms with E-state index in [0.29, 0.717) is 24.3 Å². The van der Waals surface area contributed by atoms with Crippen LogP contribution in [0.25, 0.3) is 0 Å². The third-order valence-corrected chi connectivity index (χ3v) is 10.1. The lowest BCUT2D eigenvalue weighted by Crippen LogP contribution is -2.56. The number of nitro groups is 1. The van der Waals surface area contributed by atoms with E-state index >= 15 is 0 Å². The van der Waals surface area contributed by atoms with Crippen LogP contribution in [0.1, 0.15) is 25.3 Å². The summed E-state index contributed by atoms with van der Waals surface area (Å²) in [6, 6.07) is 6.80. The topological polar surface area (TPSA) is 64.8 Å². The summed E-state index contributed by atoms with van der Waals surface area (Å²) in [5.74, 6) is 0. The Bertz CT molecular complexity index is 562. The molecular formula is C18H30N2O4Si. The highest BCUT2D eigenvalue weighted by Crippen LogP contribution is 2.32. The van der Waals surface area contributed by atoms with Gasteiger partial charge in [-0.1, -0.05) is 38.6 Å². The summed E-state index contributed by atoms with van der Waals surface area (Å²) in [6.45, 7) is 11.8. The average Bonchev–Trinajstić information content (AvgIpc) is 2.62. The third kappa shape index (κ3) is 5.34. The number of hydrogen-bond donors (Lipinski definition) is 0. The largest absolute Gasteiger partial charge is 0.379 e. The number of morpholine rings is 1. The molecule has 0 radical (unpaired) electrons. The van der Waals surface area contributed by atoms with Gasteiger partial charge in [0, 0.05) is 25.8 Å². The van der Waals surface area contributed by atoms with Gasteiger partial charge in [0.15, 0.2) is 0 Å². The maximum absolute atomic E-state index is 11.1. The predicted molar refractivity (Wildman–Crippen MR) is 101 cm³/mol. The zero-order valence-corrected chi connectivity index (χ0v) is 16.6. The van der Waals surface area contributed by atoms with Crippen LogP contribution < -0.4 is 0 Å². The van der Waals surface area contributed by atoms with E-state index in [1.807, 2.05) is 6.07 Å². The van der Waals surface area contributed by atoms with Gasteiger partial charge in [-0.15, -0.1) is 0 Å². The number of nitro benzene ring substituents is 1. The van der Waals surface area contributed by atoms with Crippen LogP contribution in [-0.2, 0) is 16.1 Å². The second-order valence-electron chi connectivity index (χ2n) is 7.09. The van der Waals surface area contributed by atoms with Gasteiger partial charge >= 0.3 is 0 Å². The van der Waals surface area contributed by atoms with Crippen LogP contribution in [-0.4, -0.2) is 50.6 Å². The van der Waals surface area contributed by atoms with E-state index in [2.05, 4.69) is 24.6 Å². The standard InChI is InChI=1S/C18H30N2O4Si/c1-4-17(25(2,3)19-10-13-23-14-11-19)9-12-24-15-16-7-5-6-8-18(16)20(21)22/h5-8,17H,4,9-15H2,1-3H3. The van der Waals surface area contributed by atoms with Gasteiger partial charge in [0.25, 0.3) is 5.69 Å². The zero-order valence-electron chi connectivity index (χ0n) is 15.6.